The molecule has 0 bridgehead atoms. The van der Waals surface area contributed by atoms with Gasteiger partial charge in [-0.15, -0.1) is 0 Å². The summed E-state index contributed by atoms with van der Waals surface area (Å²) in [5.41, 5.74) is 3.29. The number of thiazole rings is 1. The Balaban J connectivity index is 1.70. The fraction of sp³-hybridized carbons (Fsp3) is 0.474. The van der Waals surface area contributed by atoms with Gasteiger partial charge in [-0.2, -0.15) is 0 Å². The molecule has 1 aromatic heterocycles. The monoisotopic (exact) mass is 374 g/mol. The lowest BCUT2D eigenvalue weighted by Gasteiger charge is -2.25. The molecule has 0 aliphatic carbocycles. The number of ether oxygens (including phenoxy) is 3. The van der Waals surface area contributed by atoms with Gasteiger partial charge in [0.25, 0.3) is 5.91 Å². The van der Waals surface area contributed by atoms with E-state index in [1.165, 1.54) is 23.2 Å². The number of carbonyl (C=O) groups excluding carboxylic acids is 1. The van der Waals surface area contributed by atoms with Gasteiger partial charge in [-0.05, 0) is 43.9 Å². The Kier molecular flexibility index (Phi) is 4.82. The first-order valence-corrected chi connectivity index (χ1v) is 9.70. The normalized spacial score (nSPS) is 19.8. The highest BCUT2D eigenvalue weighted by atomic mass is 32.1. The summed E-state index contributed by atoms with van der Waals surface area (Å²) in [7, 11) is 0. The lowest BCUT2D eigenvalue weighted by molar-refractivity contribution is -0.120. The van der Waals surface area contributed by atoms with Crippen LogP contribution in [0.15, 0.2) is 24.2 Å². The molecule has 1 aromatic carbocycles. The van der Waals surface area contributed by atoms with E-state index in [0.29, 0.717) is 24.9 Å². The van der Waals surface area contributed by atoms with E-state index in [-0.39, 0.29) is 17.8 Å². The first kappa shape index (κ1) is 17.3. The number of hydrogen-bond donors (Lipinski definition) is 0. The molecule has 138 valence electrons. The lowest BCUT2D eigenvalue weighted by atomic mass is 10.1. The van der Waals surface area contributed by atoms with Gasteiger partial charge >= 0.3 is 0 Å². The van der Waals surface area contributed by atoms with Crippen molar-refractivity contribution < 1.29 is 19.0 Å². The molecule has 3 heterocycles. The molecule has 26 heavy (non-hydrogen) atoms. The summed E-state index contributed by atoms with van der Waals surface area (Å²) in [5, 5.41) is 0.671. The van der Waals surface area contributed by atoms with Gasteiger partial charge in [0.05, 0.1) is 22.9 Å². The smallest absolute Gasteiger partial charge is 0.298 e. The first-order chi connectivity index (χ1) is 12.6. The highest BCUT2D eigenvalue weighted by Crippen LogP contribution is 2.33. The largest absolute Gasteiger partial charge is 0.494 e. The Labute approximate surface area is 156 Å². The Morgan fingerprint density at radius 2 is 2.19 bits per heavy atom. The van der Waals surface area contributed by atoms with Gasteiger partial charge in [-0.25, -0.2) is 4.98 Å². The van der Waals surface area contributed by atoms with E-state index in [0.717, 1.165) is 35.2 Å². The van der Waals surface area contributed by atoms with E-state index < -0.39 is 0 Å². The number of nitrogens with zero attached hydrogens (tertiary/aromatic N) is 2. The molecule has 2 aliphatic rings. The summed E-state index contributed by atoms with van der Waals surface area (Å²) >= 11 is 1.52. The molecule has 2 aliphatic heterocycles. The van der Waals surface area contributed by atoms with Gasteiger partial charge in [0, 0.05) is 6.61 Å². The summed E-state index contributed by atoms with van der Waals surface area (Å²) in [5.74, 6) is -0.00460. The van der Waals surface area contributed by atoms with Crippen molar-refractivity contribution in [2.45, 2.75) is 32.8 Å². The molecule has 1 fully saturated rings. The van der Waals surface area contributed by atoms with Gasteiger partial charge in [-0.1, -0.05) is 17.4 Å². The molecule has 1 saturated heterocycles. The molecule has 1 amide bonds. The summed E-state index contributed by atoms with van der Waals surface area (Å²) in [6.07, 6.45) is 3.40. The van der Waals surface area contributed by atoms with Crippen LogP contribution in [-0.2, 0) is 19.0 Å². The predicted octanol–water partition coefficient (Wildman–Crippen LogP) is 3.31. The standard InChI is InChI=1S/C19H22N2O4S/c1-12-5-6-16-17(13(12)2)20-19(26-16)21(10-14-4-3-7-24-14)18(22)15-11-23-8-9-25-15/h5-6,11,14H,3-4,7-10H2,1-2H3. The van der Waals surface area contributed by atoms with E-state index in [2.05, 4.69) is 26.0 Å². The second-order valence-corrected chi connectivity index (χ2v) is 7.61. The molecule has 0 saturated carbocycles. The quantitative estimate of drug-likeness (QED) is 0.822. The van der Waals surface area contributed by atoms with Crippen LogP contribution in [0.1, 0.15) is 24.0 Å². The maximum atomic E-state index is 13.1. The van der Waals surface area contributed by atoms with E-state index in [4.69, 9.17) is 19.2 Å². The first-order valence-electron chi connectivity index (χ1n) is 8.88. The van der Waals surface area contributed by atoms with Crippen molar-refractivity contribution in [3.63, 3.8) is 0 Å². The summed E-state index contributed by atoms with van der Waals surface area (Å²) in [6, 6.07) is 4.15. The van der Waals surface area contributed by atoms with Crippen LogP contribution in [0.2, 0.25) is 0 Å². The average molecular weight is 374 g/mol. The molecule has 0 N–H and O–H groups in total. The summed E-state index contributed by atoms with van der Waals surface area (Å²) in [6.45, 7) is 6.19. The zero-order valence-electron chi connectivity index (χ0n) is 15.0. The maximum absolute atomic E-state index is 13.1. The lowest BCUT2D eigenvalue weighted by Crippen LogP contribution is -2.39. The number of fused-ring (bicyclic) bond motifs is 1. The van der Waals surface area contributed by atoms with Gasteiger partial charge in [0.15, 0.2) is 5.13 Å². The van der Waals surface area contributed by atoms with Crippen molar-refractivity contribution in [3.8, 4) is 0 Å². The third-order valence-electron chi connectivity index (χ3n) is 4.82. The molecule has 2 aromatic rings. The minimum atomic E-state index is -0.228. The second kappa shape index (κ2) is 7.25. The number of carbonyl (C=O) groups is 1. The summed E-state index contributed by atoms with van der Waals surface area (Å²) in [4.78, 5) is 19.5. The molecule has 1 unspecified atom stereocenters. The fourth-order valence-electron chi connectivity index (χ4n) is 3.18. The van der Waals surface area contributed by atoms with Gasteiger partial charge in [-0.3, -0.25) is 9.69 Å². The molecular weight excluding hydrogens is 352 g/mol. The van der Waals surface area contributed by atoms with Crippen molar-refractivity contribution in [1.82, 2.24) is 4.98 Å². The number of hydrogen-bond acceptors (Lipinski definition) is 6. The Morgan fingerprint density at radius 1 is 1.31 bits per heavy atom. The SMILES string of the molecule is Cc1ccc2sc(N(CC3CCCO3)C(=O)C3=COCCO3)nc2c1C. The summed E-state index contributed by atoms with van der Waals surface area (Å²) < 4.78 is 17.6. The molecule has 6 nitrogen and oxygen atoms in total. The second-order valence-electron chi connectivity index (χ2n) is 6.60. The highest BCUT2D eigenvalue weighted by Gasteiger charge is 2.30. The molecule has 4 rings (SSSR count). The van der Waals surface area contributed by atoms with Gasteiger partial charge in [0.1, 0.15) is 19.5 Å². The van der Waals surface area contributed by atoms with Gasteiger partial charge < -0.3 is 14.2 Å². The third kappa shape index (κ3) is 3.29. The van der Waals surface area contributed by atoms with Gasteiger partial charge in [0.2, 0.25) is 5.76 Å². The van der Waals surface area contributed by atoms with Crippen LogP contribution in [0, 0.1) is 13.8 Å². The van der Waals surface area contributed by atoms with Crippen LogP contribution in [0.4, 0.5) is 5.13 Å². The van der Waals surface area contributed by atoms with E-state index in [1.807, 2.05) is 0 Å². The number of aryl methyl sites for hydroxylation is 2. The van der Waals surface area contributed by atoms with Crippen LogP contribution in [0.25, 0.3) is 10.2 Å². The molecule has 0 radical (unpaired) electrons. The number of benzene rings is 1. The van der Waals surface area contributed by atoms with Crippen LogP contribution < -0.4 is 4.90 Å². The Morgan fingerprint density at radius 3 is 2.92 bits per heavy atom. The number of anilines is 1. The highest BCUT2D eigenvalue weighted by molar-refractivity contribution is 7.22. The van der Waals surface area contributed by atoms with Crippen LogP contribution in [0.5, 0.6) is 0 Å². The van der Waals surface area contributed by atoms with Crippen molar-refractivity contribution >= 4 is 32.6 Å². The molecule has 1 atom stereocenters. The van der Waals surface area contributed by atoms with Crippen LogP contribution >= 0.6 is 11.3 Å². The number of aromatic nitrogens is 1. The Bertz CT molecular complexity index is 855. The van der Waals surface area contributed by atoms with Crippen molar-refractivity contribution in [1.29, 1.82) is 0 Å². The van der Waals surface area contributed by atoms with E-state index in [9.17, 15) is 4.79 Å². The zero-order chi connectivity index (χ0) is 18.1. The van der Waals surface area contributed by atoms with Crippen molar-refractivity contribution in [2.24, 2.45) is 0 Å². The third-order valence-corrected chi connectivity index (χ3v) is 5.86. The Hall–Kier alpha value is -2.12. The predicted molar refractivity (Wildman–Crippen MR) is 100 cm³/mol. The average Bonchev–Trinajstić information content (AvgIpc) is 3.33. The van der Waals surface area contributed by atoms with Crippen LogP contribution in [0.3, 0.4) is 0 Å². The van der Waals surface area contributed by atoms with Crippen LogP contribution in [-0.4, -0.2) is 43.4 Å². The van der Waals surface area contributed by atoms with Crippen molar-refractivity contribution in [2.75, 3.05) is 31.3 Å². The number of rotatable bonds is 4. The fourth-order valence-corrected chi connectivity index (χ4v) is 4.22. The van der Waals surface area contributed by atoms with E-state index >= 15 is 0 Å². The maximum Gasteiger partial charge on any atom is 0.298 e. The number of amides is 1. The molecule has 7 heteroatoms. The van der Waals surface area contributed by atoms with Crippen molar-refractivity contribution in [3.05, 3.63) is 35.3 Å². The zero-order valence-corrected chi connectivity index (χ0v) is 15.8. The minimum absolute atomic E-state index is 0.0268. The minimum Gasteiger partial charge on any atom is -0.494 e. The molecular formula is C19H22N2O4S. The topological polar surface area (TPSA) is 60.9 Å². The molecule has 0 spiro atoms. The van der Waals surface area contributed by atoms with E-state index in [1.54, 1.807) is 4.90 Å².